The highest BCUT2D eigenvalue weighted by molar-refractivity contribution is 6.30. The summed E-state index contributed by atoms with van der Waals surface area (Å²) >= 11 is 6.20. The molecule has 168 valence electrons. The number of carbonyl (C=O) groups is 1. The minimum atomic E-state index is -0.999. The maximum Gasteiger partial charge on any atom is 0.335 e. The molecular weight excluding hydrogens is 449 g/mol. The summed E-state index contributed by atoms with van der Waals surface area (Å²) in [6, 6.07) is 17.5. The molecule has 4 rings (SSSR count). The fourth-order valence-electron chi connectivity index (χ4n) is 4.48. The Morgan fingerprint density at radius 3 is 2.50 bits per heavy atom. The van der Waals surface area contributed by atoms with E-state index in [1.54, 1.807) is 28.9 Å². The van der Waals surface area contributed by atoms with Crippen LogP contribution in [0.2, 0.25) is 5.02 Å². The topological polar surface area (TPSA) is 98.2 Å². The summed E-state index contributed by atoms with van der Waals surface area (Å²) in [4.78, 5) is 23.9. The number of halogens is 2. The van der Waals surface area contributed by atoms with Gasteiger partial charge >= 0.3 is 5.97 Å². The highest BCUT2D eigenvalue weighted by atomic mass is 35.5. The largest absolute Gasteiger partial charge is 0.478 e. The number of carboxylic acid groups (broad SMARTS) is 1. The number of hydrogen-bond donors (Lipinski definition) is 2. The number of nitrogens with zero attached hydrogens (tertiary/aromatic N) is 2. The SMILES string of the molecule is Cl.NCC1(c2cccc(Cl)c2)CCC(n2nc(-c3cccc(C(=O)O)c3)ccc2=O)CC1. The van der Waals surface area contributed by atoms with Crippen LogP contribution in [0.5, 0.6) is 0 Å². The van der Waals surface area contributed by atoms with E-state index in [2.05, 4.69) is 11.2 Å². The van der Waals surface area contributed by atoms with Crippen molar-refractivity contribution in [2.75, 3.05) is 6.54 Å². The zero-order valence-corrected chi connectivity index (χ0v) is 19.0. The number of aromatic nitrogens is 2. The third-order valence-electron chi connectivity index (χ3n) is 6.32. The molecule has 1 fully saturated rings. The quantitative estimate of drug-likeness (QED) is 0.559. The first-order chi connectivity index (χ1) is 14.9. The normalized spacial score (nSPS) is 20.4. The Hall–Kier alpha value is -2.67. The molecule has 3 aromatic rings. The first-order valence-corrected chi connectivity index (χ1v) is 10.7. The lowest BCUT2D eigenvalue weighted by Gasteiger charge is -2.40. The summed E-state index contributed by atoms with van der Waals surface area (Å²) in [6.45, 7) is 0.518. The second-order valence-electron chi connectivity index (χ2n) is 8.11. The second-order valence-corrected chi connectivity index (χ2v) is 8.55. The standard InChI is InChI=1S/C24H24ClN3O3.ClH/c25-19-6-2-5-18(14-19)24(15-26)11-9-20(10-12-24)28-22(29)8-7-21(27-28)16-3-1-4-17(13-16)23(30)31;/h1-8,13-14,20H,9-12,15,26H2,(H,30,31);1H. The van der Waals surface area contributed by atoms with Crippen LogP contribution < -0.4 is 11.3 Å². The van der Waals surface area contributed by atoms with E-state index in [9.17, 15) is 14.7 Å². The number of carboxylic acids is 1. The van der Waals surface area contributed by atoms with Gasteiger partial charge in [0.05, 0.1) is 17.3 Å². The smallest absolute Gasteiger partial charge is 0.335 e. The van der Waals surface area contributed by atoms with Gasteiger partial charge in [0.15, 0.2) is 0 Å². The zero-order valence-electron chi connectivity index (χ0n) is 17.4. The summed E-state index contributed by atoms with van der Waals surface area (Å²) in [5.41, 5.74) is 8.45. The van der Waals surface area contributed by atoms with Gasteiger partial charge in [0, 0.05) is 28.6 Å². The van der Waals surface area contributed by atoms with Crippen molar-refractivity contribution in [3.05, 3.63) is 87.2 Å². The summed E-state index contributed by atoms with van der Waals surface area (Å²) < 4.78 is 1.54. The Morgan fingerprint density at radius 2 is 1.84 bits per heavy atom. The van der Waals surface area contributed by atoms with E-state index in [0.717, 1.165) is 31.2 Å². The molecule has 8 heteroatoms. The van der Waals surface area contributed by atoms with Gasteiger partial charge in [-0.25, -0.2) is 9.48 Å². The second kappa shape index (κ2) is 9.86. The van der Waals surface area contributed by atoms with Crippen LogP contribution in [-0.4, -0.2) is 27.4 Å². The van der Waals surface area contributed by atoms with E-state index in [-0.39, 0.29) is 35.0 Å². The molecule has 0 radical (unpaired) electrons. The molecule has 0 unspecified atom stereocenters. The third kappa shape index (κ3) is 4.72. The van der Waals surface area contributed by atoms with Crippen molar-refractivity contribution in [3.63, 3.8) is 0 Å². The average molecular weight is 474 g/mol. The maximum absolute atomic E-state index is 12.6. The molecule has 0 saturated heterocycles. The monoisotopic (exact) mass is 473 g/mol. The number of hydrogen-bond acceptors (Lipinski definition) is 4. The molecule has 0 aliphatic heterocycles. The molecule has 0 atom stereocenters. The van der Waals surface area contributed by atoms with E-state index in [1.165, 1.54) is 12.1 Å². The average Bonchev–Trinajstić information content (AvgIpc) is 2.79. The Kier molecular flexibility index (Phi) is 7.39. The van der Waals surface area contributed by atoms with Crippen LogP contribution in [0.3, 0.4) is 0 Å². The number of aromatic carboxylic acids is 1. The minimum Gasteiger partial charge on any atom is -0.478 e. The van der Waals surface area contributed by atoms with Crippen molar-refractivity contribution < 1.29 is 9.90 Å². The third-order valence-corrected chi connectivity index (χ3v) is 6.55. The van der Waals surface area contributed by atoms with Crippen LogP contribution in [0, 0.1) is 0 Å². The van der Waals surface area contributed by atoms with E-state index < -0.39 is 5.97 Å². The van der Waals surface area contributed by atoms with Crippen LogP contribution in [0.25, 0.3) is 11.3 Å². The molecule has 1 aromatic heterocycles. The predicted octanol–water partition coefficient (Wildman–Crippen LogP) is 4.70. The maximum atomic E-state index is 12.6. The first kappa shape index (κ1) is 24.0. The Balaban J connectivity index is 0.00000289. The molecule has 6 nitrogen and oxygen atoms in total. The van der Waals surface area contributed by atoms with E-state index >= 15 is 0 Å². The van der Waals surface area contributed by atoms with Gasteiger partial charge in [-0.1, -0.05) is 35.9 Å². The van der Waals surface area contributed by atoms with Crippen LogP contribution >= 0.6 is 24.0 Å². The van der Waals surface area contributed by atoms with Crippen molar-refractivity contribution in [2.45, 2.75) is 37.1 Å². The molecule has 2 aromatic carbocycles. The van der Waals surface area contributed by atoms with Crippen LogP contribution in [-0.2, 0) is 5.41 Å². The molecule has 3 N–H and O–H groups in total. The zero-order chi connectivity index (χ0) is 22.0. The summed E-state index contributed by atoms with van der Waals surface area (Å²) in [7, 11) is 0. The van der Waals surface area contributed by atoms with Gasteiger partial charge in [0.2, 0.25) is 0 Å². The van der Waals surface area contributed by atoms with Gasteiger partial charge in [0.1, 0.15) is 0 Å². The van der Waals surface area contributed by atoms with Crippen LogP contribution in [0.15, 0.2) is 65.5 Å². The molecule has 32 heavy (non-hydrogen) atoms. The van der Waals surface area contributed by atoms with Crippen molar-refractivity contribution in [1.82, 2.24) is 9.78 Å². The summed E-state index contributed by atoms with van der Waals surface area (Å²) in [5.74, 6) is -0.999. The summed E-state index contributed by atoms with van der Waals surface area (Å²) in [5, 5.41) is 14.5. The summed E-state index contributed by atoms with van der Waals surface area (Å²) in [6.07, 6.45) is 3.22. The molecule has 0 bridgehead atoms. The fraction of sp³-hybridized carbons (Fsp3) is 0.292. The van der Waals surface area contributed by atoms with Crippen molar-refractivity contribution in [2.24, 2.45) is 5.73 Å². The van der Waals surface area contributed by atoms with Crippen molar-refractivity contribution in [1.29, 1.82) is 0 Å². The fourth-order valence-corrected chi connectivity index (χ4v) is 4.67. The first-order valence-electron chi connectivity index (χ1n) is 10.3. The van der Waals surface area contributed by atoms with Crippen molar-refractivity contribution >= 4 is 30.0 Å². The van der Waals surface area contributed by atoms with Gasteiger partial charge in [-0.2, -0.15) is 5.10 Å². The molecule has 0 amide bonds. The van der Waals surface area contributed by atoms with Crippen LogP contribution in [0.1, 0.15) is 47.6 Å². The van der Waals surface area contributed by atoms with Gasteiger partial charge in [-0.05, 0) is 61.6 Å². The van der Waals surface area contributed by atoms with Gasteiger partial charge in [0.25, 0.3) is 5.56 Å². The molecule has 1 saturated carbocycles. The van der Waals surface area contributed by atoms with Gasteiger partial charge in [-0.15, -0.1) is 12.4 Å². The Morgan fingerprint density at radius 1 is 1.12 bits per heavy atom. The molecule has 0 spiro atoms. The van der Waals surface area contributed by atoms with Crippen LogP contribution in [0.4, 0.5) is 0 Å². The molecule has 1 aliphatic carbocycles. The van der Waals surface area contributed by atoms with E-state index in [0.29, 0.717) is 22.8 Å². The Labute approximate surface area is 197 Å². The highest BCUT2D eigenvalue weighted by Crippen LogP contribution is 2.42. The predicted molar refractivity (Wildman–Crippen MR) is 128 cm³/mol. The number of rotatable bonds is 5. The molecular formula is C24H25Cl2N3O3. The van der Waals surface area contributed by atoms with Gasteiger partial charge in [-0.3, -0.25) is 4.79 Å². The van der Waals surface area contributed by atoms with Crippen molar-refractivity contribution in [3.8, 4) is 11.3 Å². The highest BCUT2D eigenvalue weighted by Gasteiger charge is 2.37. The molecule has 1 aliphatic rings. The van der Waals surface area contributed by atoms with Gasteiger partial charge < -0.3 is 10.8 Å². The Bertz CT molecular complexity index is 1170. The molecule has 1 heterocycles. The number of nitrogens with two attached hydrogens (primary N) is 1. The lowest BCUT2D eigenvalue weighted by atomic mass is 9.68. The number of benzene rings is 2. The lowest BCUT2D eigenvalue weighted by Crippen LogP contribution is -2.41. The minimum absolute atomic E-state index is 0. The van der Waals surface area contributed by atoms with E-state index in [1.807, 2.05) is 18.2 Å². The van der Waals surface area contributed by atoms with E-state index in [4.69, 9.17) is 17.3 Å². The lowest BCUT2D eigenvalue weighted by molar-refractivity contribution is 0.0697.